The largest absolute Gasteiger partial charge is 0.486 e. The highest BCUT2D eigenvalue weighted by molar-refractivity contribution is 6.01. The molecule has 1 heterocycles. The SMILES string of the molecule is O=C(/C=C/c1ccc2c(c1)OCCO2)Nc1ccccc1. The number of amides is 1. The average molecular weight is 281 g/mol. The summed E-state index contributed by atoms with van der Waals surface area (Å²) in [5, 5.41) is 2.79. The van der Waals surface area contributed by atoms with E-state index in [0.29, 0.717) is 19.0 Å². The molecule has 4 heteroatoms. The van der Waals surface area contributed by atoms with Crippen molar-refractivity contribution in [1.29, 1.82) is 0 Å². The Morgan fingerprint density at radius 1 is 1.00 bits per heavy atom. The second kappa shape index (κ2) is 6.13. The van der Waals surface area contributed by atoms with Gasteiger partial charge in [0.25, 0.3) is 0 Å². The van der Waals surface area contributed by atoms with Crippen molar-refractivity contribution in [3.8, 4) is 11.5 Å². The van der Waals surface area contributed by atoms with Crippen LogP contribution in [0.1, 0.15) is 5.56 Å². The standard InChI is InChI=1S/C17H15NO3/c19-17(18-14-4-2-1-3-5-14)9-7-13-6-8-15-16(12-13)21-11-10-20-15/h1-9,12H,10-11H2,(H,18,19)/b9-7+. The topological polar surface area (TPSA) is 47.6 Å². The molecule has 0 aliphatic carbocycles. The van der Waals surface area contributed by atoms with Crippen LogP contribution in [-0.2, 0) is 4.79 Å². The molecule has 1 aliphatic rings. The molecule has 0 saturated heterocycles. The summed E-state index contributed by atoms with van der Waals surface area (Å²) in [6.07, 6.45) is 3.24. The molecule has 1 aliphatic heterocycles. The van der Waals surface area contributed by atoms with Crippen LogP contribution in [0.5, 0.6) is 11.5 Å². The maximum Gasteiger partial charge on any atom is 0.248 e. The normalized spacial score (nSPS) is 13.1. The van der Waals surface area contributed by atoms with Gasteiger partial charge in [0.2, 0.25) is 5.91 Å². The predicted octanol–water partition coefficient (Wildman–Crippen LogP) is 3.11. The molecule has 0 unspecified atom stereocenters. The molecule has 2 aromatic carbocycles. The van der Waals surface area contributed by atoms with Crippen LogP contribution in [0.15, 0.2) is 54.6 Å². The van der Waals surface area contributed by atoms with Gasteiger partial charge in [0.05, 0.1) is 0 Å². The summed E-state index contributed by atoms with van der Waals surface area (Å²) < 4.78 is 11.0. The number of ether oxygens (including phenoxy) is 2. The molecule has 21 heavy (non-hydrogen) atoms. The number of carbonyl (C=O) groups excluding carboxylic acids is 1. The number of carbonyl (C=O) groups is 1. The van der Waals surface area contributed by atoms with Crippen molar-refractivity contribution in [3.05, 3.63) is 60.2 Å². The summed E-state index contributed by atoms with van der Waals surface area (Å²) in [5.41, 5.74) is 1.66. The number of rotatable bonds is 3. The van der Waals surface area contributed by atoms with Gasteiger partial charge in [-0.05, 0) is 35.9 Å². The first-order valence-electron chi connectivity index (χ1n) is 6.75. The summed E-state index contributed by atoms with van der Waals surface area (Å²) in [6.45, 7) is 1.12. The van der Waals surface area contributed by atoms with Crippen LogP contribution in [0, 0.1) is 0 Å². The van der Waals surface area contributed by atoms with Crippen molar-refractivity contribution in [2.75, 3.05) is 18.5 Å². The second-order valence-electron chi connectivity index (χ2n) is 4.59. The Bertz CT molecular complexity index is 665. The van der Waals surface area contributed by atoms with Crippen LogP contribution in [0.4, 0.5) is 5.69 Å². The molecule has 0 saturated carbocycles. The van der Waals surface area contributed by atoms with E-state index in [0.717, 1.165) is 17.0 Å². The summed E-state index contributed by atoms with van der Waals surface area (Å²) in [4.78, 5) is 11.8. The molecule has 0 atom stereocenters. The van der Waals surface area contributed by atoms with Crippen molar-refractivity contribution in [2.45, 2.75) is 0 Å². The first kappa shape index (κ1) is 13.2. The van der Waals surface area contributed by atoms with Crippen LogP contribution in [-0.4, -0.2) is 19.1 Å². The quantitative estimate of drug-likeness (QED) is 0.879. The van der Waals surface area contributed by atoms with Gasteiger partial charge in [0.15, 0.2) is 11.5 Å². The maximum atomic E-state index is 11.8. The number of hydrogen-bond donors (Lipinski definition) is 1. The summed E-state index contributed by atoms with van der Waals surface area (Å²) in [6, 6.07) is 14.9. The second-order valence-corrected chi connectivity index (χ2v) is 4.59. The third-order valence-electron chi connectivity index (χ3n) is 3.03. The van der Waals surface area contributed by atoms with E-state index in [-0.39, 0.29) is 5.91 Å². The minimum Gasteiger partial charge on any atom is -0.486 e. The number of hydrogen-bond acceptors (Lipinski definition) is 3. The molecule has 1 amide bonds. The lowest BCUT2D eigenvalue weighted by Crippen LogP contribution is -2.15. The number of fused-ring (bicyclic) bond motifs is 1. The lowest BCUT2D eigenvalue weighted by molar-refractivity contribution is -0.111. The van der Waals surface area contributed by atoms with Gasteiger partial charge in [-0.15, -0.1) is 0 Å². The lowest BCUT2D eigenvalue weighted by atomic mass is 10.2. The van der Waals surface area contributed by atoms with E-state index in [1.165, 1.54) is 6.08 Å². The molecular formula is C17H15NO3. The van der Waals surface area contributed by atoms with Crippen molar-refractivity contribution < 1.29 is 14.3 Å². The lowest BCUT2D eigenvalue weighted by Gasteiger charge is -2.18. The predicted molar refractivity (Wildman–Crippen MR) is 81.5 cm³/mol. The zero-order valence-electron chi connectivity index (χ0n) is 11.4. The third-order valence-corrected chi connectivity index (χ3v) is 3.03. The Morgan fingerprint density at radius 3 is 2.57 bits per heavy atom. The van der Waals surface area contributed by atoms with E-state index in [4.69, 9.17) is 9.47 Å². The number of nitrogens with one attached hydrogen (secondary N) is 1. The minimum atomic E-state index is -0.170. The fourth-order valence-corrected chi connectivity index (χ4v) is 2.04. The van der Waals surface area contributed by atoms with Gasteiger partial charge in [0.1, 0.15) is 13.2 Å². The van der Waals surface area contributed by atoms with Crippen LogP contribution < -0.4 is 14.8 Å². The Morgan fingerprint density at radius 2 is 1.76 bits per heavy atom. The highest BCUT2D eigenvalue weighted by atomic mass is 16.6. The zero-order valence-corrected chi connectivity index (χ0v) is 11.4. The molecule has 4 nitrogen and oxygen atoms in total. The van der Waals surface area contributed by atoms with E-state index in [2.05, 4.69) is 5.32 Å². The maximum absolute atomic E-state index is 11.8. The molecule has 0 spiro atoms. The first-order valence-corrected chi connectivity index (χ1v) is 6.75. The average Bonchev–Trinajstić information content (AvgIpc) is 2.54. The van der Waals surface area contributed by atoms with E-state index < -0.39 is 0 Å². The zero-order chi connectivity index (χ0) is 14.5. The highest BCUT2D eigenvalue weighted by Gasteiger charge is 2.10. The van der Waals surface area contributed by atoms with Gasteiger partial charge in [-0.3, -0.25) is 4.79 Å². The van der Waals surface area contributed by atoms with E-state index >= 15 is 0 Å². The first-order chi connectivity index (χ1) is 10.3. The van der Waals surface area contributed by atoms with Crippen LogP contribution >= 0.6 is 0 Å². The molecule has 0 fully saturated rings. The van der Waals surface area contributed by atoms with Crippen molar-refractivity contribution in [3.63, 3.8) is 0 Å². The van der Waals surface area contributed by atoms with Crippen LogP contribution in [0.3, 0.4) is 0 Å². The van der Waals surface area contributed by atoms with Crippen LogP contribution in [0.2, 0.25) is 0 Å². The Labute approximate surface area is 123 Å². The van der Waals surface area contributed by atoms with Crippen molar-refractivity contribution in [1.82, 2.24) is 0 Å². The monoisotopic (exact) mass is 281 g/mol. The van der Waals surface area contributed by atoms with Crippen molar-refractivity contribution in [2.24, 2.45) is 0 Å². The number of para-hydroxylation sites is 1. The summed E-state index contributed by atoms with van der Waals surface area (Å²) in [7, 11) is 0. The fourth-order valence-electron chi connectivity index (χ4n) is 2.04. The third kappa shape index (κ3) is 3.42. The molecule has 1 N–H and O–H groups in total. The van der Waals surface area contributed by atoms with Gasteiger partial charge in [-0.1, -0.05) is 24.3 Å². The van der Waals surface area contributed by atoms with Crippen LogP contribution in [0.25, 0.3) is 6.08 Å². The smallest absolute Gasteiger partial charge is 0.248 e. The number of benzene rings is 2. The Hall–Kier alpha value is -2.75. The molecular weight excluding hydrogens is 266 g/mol. The van der Waals surface area contributed by atoms with Gasteiger partial charge in [0, 0.05) is 11.8 Å². The molecule has 0 aromatic heterocycles. The van der Waals surface area contributed by atoms with Gasteiger partial charge >= 0.3 is 0 Å². The molecule has 0 radical (unpaired) electrons. The summed E-state index contributed by atoms with van der Waals surface area (Å²) in [5.74, 6) is 1.29. The van der Waals surface area contributed by atoms with Crippen molar-refractivity contribution >= 4 is 17.7 Å². The van der Waals surface area contributed by atoms with E-state index in [1.807, 2.05) is 48.5 Å². The summed E-state index contributed by atoms with van der Waals surface area (Å²) >= 11 is 0. The molecule has 2 aromatic rings. The number of anilines is 1. The molecule has 3 rings (SSSR count). The Kier molecular flexibility index (Phi) is 3.87. The van der Waals surface area contributed by atoms with E-state index in [1.54, 1.807) is 6.08 Å². The highest BCUT2D eigenvalue weighted by Crippen LogP contribution is 2.31. The van der Waals surface area contributed by atoms with Gasteiger partial charge in [-0.2, -0.15) is 0 Å². The molecule has 106 valence electrons. The van der Waals surface area contributed by atoms with Gasteiger partial charge < -0.3 is 14.8 Å². The van der Waals surface area contributed by atoms with Gasteiger partial charge in [-0.25, -0.2) is 0 Å². The Balaban J connectivity index is 1.67. The molecule has 0 bridgehead atoms. The minimum absolute atomic E-state index is 0.170. The van der Waals surface area contributed by atoms with E-state index in [9.17, 15) is 4.79 Å². The fraction of sp³-hybridized carbons (Fsp3) is 0.118.